The second-order valence-electron chi connectivity index (χ2n) is 1.43. The average molecular weight is 138 g/mol. The van der Waals surface area contributed by atoms with Gasteiger partial charge in [-0.3, -0.25) is 0 Å². The zero-order valence-corrected chi connectivity index (χ0v) is 5.84. The molecule has 0 heterocycles. The molecule has 0 saturated heterocycles. The van der Waals surface area contributed by atoms with Crippen LogP contribution in [0.4, 0.5) is 3.89 Å². The third-order valence-corrected chi connectivity index (χ3v) is 0.974. The van der Waals surface area contributed by atoms with Crippen LogP contribution in [0.15, 0.2) is 0 Å². The highest BCUT2D eigenvalue weighted by molar-refractivity contribution is 7.94. The molecule has 0 saturated carbocycles. The van der Waals surface area contributed by atoms with E-state index in [2.05, 4.69) is 0 Å². The Balaban J connectivity index is 2.53. The van der Waals surface area contributed by atoms with Crippen molar-refractivity contribution in [1.29, 1.82) is 0 Å². The summed E-state index contributed by atoms with van der Waals surface area (Å²) < 4.78 is 16.2. The minimum Gasteiger partial charge on any atom is -0.381 e. The highest BCUT2D eigenvalue weighted by Crippen LogP contribution is 1.98. The molecule has 0 amide bonds. The first-order valence-corrected chi connectivity index (χ1v) is 3.61. The summed E-state index contributed by atoms with van der Waals surface area (Å²) in [6.45, 7) is 3.32. The van der Waals surface area contributed by atoms with Crippen LogP contribution in [0.2, 0.25) is 0 Å². The lowest BCUT2D eigenvalue weighted by Gasteiger charge is -1.96. The quantitative estimate of drug-likeness (QED) is 0.537. The lowest BCUT2D eigenvalue weighted by atomic mass is 10.5. The molecule has 0 aliphatic rings. The molecule has 0 aliphatic carbocycles. The number of ether oxygens (including phenoxy) is 1. The molecule has 0 spiro atoms. The van der Waals surface area contributed by atoms with Crippen LogP contribution >= 0.6 is 12.1 Å². The fourth-order valence-electron chi connectivity index (χ4n) is 0.337. The summed E-state index contributed by atoms with van der Waals surface area (Å²) in [6.07, 6.45) is 1.01. The van der Waals surface area contributed by atoms with Crippen LogP contribution in [0.5, 0.6) is 0 Å². The van der Waals surface area contributed by atoms with Crippen LogP contribution in [0.25, 0.3) is 0 Å². The molecule has 0 radical (unpaired) electrons. The minimum absolute atomic E-state index is 0.327. The van der Waals surface area contributed by atoms with E-state index in [0.29, 0.717) is 24.5 Å². The van der Waals surface area contributed by atoms with Gasteiger partial charge in [0.2, 0.25) is 0 Å². The molecule has 1 nitrogen and oxygen atoms in total. The van der Waals surface area contributed by atoms with Gasteiger partial charge in [-0.15, -0.1) is 0 Å². The Hall–Kier alpha value is 0.240. The summed E-state index contributed by atoms with van der Waals surface area (Å²) in [5.41, 5.74) is 0. The maximum Gasteiger partial charge on any atom is 0.0581 e. The zero-order valence-electron chi connectivity index (χ0n) is 5.02. The van der Waals surface area contributed by atoms with Gasteiger partial charge in [0.25, 0.3) is 0 Å². The summed E-state index contributed by atoms with van der Waals surface area (Å²) in [5.74, 6) is 0.458. The summed E-state index contributed by atoms with van der Waals surface area (Å²) >= 11 is 0.327. The van der Waals surface area contributed by atoms with E-state index in [1.807, 2.05) is 6.92 Å². The van der Waals surface area contributed by atoms with Crippen LogP contribution in [0, 0.1) is 0 Å². The Kier molecular flexibility index (Phi) is 7.46. The van der Waals surface area contributed by atoms with Crippen LogP contribution in [0.1, 0.15) is 13.3 Å². The molecule has 8 heavy (non-hydrogen) atoms. The standard InChI is InChI=1S/C5H11FOS/c1-2-3-7-4-5-8-6/h2-5H2,1H3. The minimum atomic E-state index is 0.327. The molecule has 0 fully saturated rings. The highest BCUT2D eigenvalue weighted by Gasteiger charge is 1.84. The summed E-state index contributed by atoms with van der Waals surface area (Å²) in [6, 6.07) is 0. The van der Waals surface area contributed by atoms with Crippen molar-refractivity contribution in [2.45, 2.75) is 13.3 Å². The fraction of sp³-hybridized carbons (Fsp3) is 1.00. The third kappa shape index (κ3) is 6.24. The molecule has 0 aliphatic heterocycles. The molecule has 0 unspecified atom stereocenters. The van der Waals surface area contributed by atoms with Crippen LogP contribution in [0.3, 0.4) is 0 Å². The highest BCUT2D eigenvalue weighted by atomic mass is 32.2. The van der Waals surface area contributed by atoms with E-state index in [9.17, 15) is 3.89 Å². The summed E-state index contributed by atoms with van der Waals surface area (Å²) in [7, 11) is 0. The van der Waals surface area contributed by atoms with E-state index in [0.717, 1.165) is 13.0 Å². The molecule has 0 bridgehead atoms. The van der Waals surface area contributed by atoms with Gasteiger partial charge in [-0.1, -0.05) is 6.92 Å². The molecule has 0 atom stereocenters. The Morgan fingerprint density at radius 1 is 1.50 bits per heavy atom. The molecule has 0 aromatic heterocycles. The van der Waals surface area contributed by atoms with E-state index in [4.69, 9.17) is 4.74 Å². The fourth-order valence-corrected chi connectivity index (χ4v) is 0.518. The molecule has 0 rings (SSSR count). The van der Waals surface area contributed by atoms with Gasteiger partial charge in [0.15, 0.2) is 0 Å². The first kappa shape index (κ1) is 8.24. The Labute approximate surface area is 53.9 Å². The van der Waals surface area contributed by atoms with E-state index in [1.54, 1.807) is 0 Å². The maximum absolute atomic E-state index is 11.3. The van der Waals surface area contributed by atoms with Crippen molar-refractivity contribution < 1.29 is 8.62 Å². The van der Waals surface area contributed by atoms with E-state index in [-0.39, 0.29) is 0 Å². The summed E-state index contributed by atoms with van der Waals surface area (Å²) in [5, 5.41) is 0. The molecule has 0 aromatic rings. The second kappa shape index (κ2) is 7.24. The number of hydrogen-bond donors (Lipinski definition) is 0. The van der Waals surface area contributed by atoms with Crippen molar-refractivity contribution in [3.63, 3.8) is 0 Å². The van der Waals surface area contributed by atoms with Crippen molar-refractivity contribution in [2.75, 3.05) is 19.0 Å². The van der Waals surface area contributed by atoms with Crippen molar-refractivity contribution in [1.82, 2.24) is 0 Å². The number of rotatable bonds is 5. The van der Waals surface area contributed by atoms with Crippen molar-refractivity contribution >= 4 is 12.1 Å². The lowest BCUT2D eigenvalue weighted by Crippen LogP contribution is -1.96. The van der Waals surface area contributed by atoms with Gasteiger partial charge < -0.3 is 4.74 Å². The van der Waals surface area contributed by atoms with Gasteiger partial charge in [0.1, 0.15) is 0 Å². The van der Waals surface area contributed by atoms with Gasteiger partial charge in [-0.25, -0.2) is 0 Å². The zero-order chi connectivity index (χ0) is 6.24. The molecule has 0 aromatic carbocycles. The Morgan fingerprint density at radius 3 is 2.75 bits per heavy atom. The van der Waals surface area contributed by atoms with Gasteiger partial charge in [-0.2, -0.15) is 3.89 Å². The van der Waals surface area contributed by atoms with Crippen molar-refractivity contribution in [2.24, 2.45) is 0 Å². The van der Waals surface area contributed by atoms with Crippen molar-refractivity contribution in [3.05, 3.63) is 0 Å². The smallest absolute Gasteiger partial charge is 0.0581 e. The summed E-state index contributed by atoms with van der Waals surface area (Å²) in [4.78, 5) is 0. The Bertz CT molecular complexity index is 37.4. The lowest BCUT2D eigenvalue weighted by molar-refractivity contribution is 0.150. The van der Waals surface area contributed by atoms with Gasteiger partial charge in [-0.05, 0) is 6.42 Å². The maximum atomic E-state index is 11.3. The average Bonchev–Trinajstić information content (AvgIpc) is 1.81. The van der Waals surface area contributed by atoms with E-state index < -0.39 is 0 Å². The van der Waals surface area contributed by atoms with E-state index in [1.165, 1.54) is 0 Å². The number of hydrogen-bond acceptors (Lipinski definition) is 2. The van der Waals surface area contributed by atoms with Crippen LogP contribution in [-0.4, -0.2) is 19.0 Å². The molecule has 3 heteroatoms. The van der Waals surface area contributed by atoms with Crippen molar-refractivity contribution in [3.8, 4) is 0 Å². The van der Waals surface area contributed by atoms with Crippen LogP contribution in [-0.2, 0) is 4.74 Å². The first-order chi connectivity index (χ1) is 3.91. The molecule has 0 N–H and O–H groups in total. The second-order valence-corrected chi connectivity index (χ2v) is 2.05. The van der Waals surface area contributed by atoms with Gasteiger partial charge >= 0.3 is 0 Å². The van der Waals surface area contributed by atoms with E-state index >= 15 is 0 Å². The largest absolute Gasteiger partial charge is 0.381 e. The normalized spacial score (nSPS) is 9.75. The topological polar surface area (TPSA) is 9.23 Å². The third-order valence-electron chi connectivity index (χ3n) is 0.653. The number of halogens is 1. The van der Waals surface area contributed by atoms with Crippen LogP contribution < -0.4 is 0 Å². The Morgan fingerprint density at radius 2 is 2.25 bits per heavy atom. The molecular formula is C5H11FOS. The molecular weight excluding hydrogens is 127 g/mol. The van der Waals surface area contributed by atoms with Gasteiger partial charge in [0.05, 0.1) is 6.61 Å². The first-order valence-electron chi connectivity index (χ1n) is 2.73. The monoisotopic (exact) mass is 138 g/mol. The predicted octanol–water partition coefficient (Wildman–Crippen LogP) is 2.03. The SMILES string of the molecule is CCCOCCSF. The predicted molar refractivity (Wildman–Crippen MR) is 34.7 cm³/mol. The molecule has 50 valence electrons. The van der Waals surface area contributed by atoms with Gasteiger partial charge in [0, 0.05) is 24.5 Å².